The van der Waals surface area contributed by atoms with Gasteiger partial charge in [0, 0.05) is 0 Å². The van der Waals surface area contributed by atoms with E-state index < -0.39 is 6.10 Å². The van der Waals surface area contributed by atoms with Crippen LogP contribution in [0.2, 0.25) is 0 Å². The Hall–Kier alpha value is -1.29. The van der Waals surface area contributed by atoms with Gasteiger partial charge in [-0.3, -0.25) is 0 Å². The SMILES string of the molecule is C=C(N)N=C(/C=C\N)C(C)O. The number of hydrogen-bond acceptors (Lipinski definition) is 4. The molecule has 0 spiro atoms. The number of hydrogen-bond donors (Lipinski definition) is 3. The molecule has 0 aliphatic carbocycles. The van der Waals surface area contributed by atoms with Crippen LogP contribution in [0.4, 0.5) is 0 Å². The molecular formula is C7H13N3O. The summed E-state index contributed by atoms with van der Waals surface area (Å²) in [6.07, 6.45) is 2.08. The van der Waals surface area contributed by atoms with Crippen LogP contribution in [0, 0.1) is 0 Å². The summed E-state index contributed by atoms with van der Waals surface area (Å²) in [4.78, 5) is 3.75. The average molecular weight is 155 g/mol. The van der Waals surface area contributed by atoms with Crippen molar-refractivity contribution < 1.29 is 5.11 Å². The van der Waals surface area contributed by atoms with Crippen molar-refractivity contribution in [1.82, 2.24) is 0 Å². The van der Waals surface area contributed by atoms with Gasteiger partial charge in [-0.1, -0.05) is 6.58 Å². The molecule has 0 saturated heterocycles. The quantitative estimate of drug-likeness (QED) is 0.489. The molecule has 4 nitrogen and oxygen atoms in total. The highest BCUT2D eigenvalue weighted by Crippen LogP contribution is 1.92. The second-order valence-corrected chi connectivity index (χ2v) is 2.06. The van der Waals surface area contributed by atoms with Crippen LogP contribution >= 0.6 is 0 Å². The Morgan fingerprint density at radius 1 is 1.73 bits per heavy atom. The summed E-state index contributed by atoms with van der Waals surface area (Å²) in [6, 6.07) is 0. The molecule has 1 atom stereocenters. The zero-order chi connectivity index (χ0) is 8.85. The highest BCUT2D eigenvalue weighted by Gasteiger charge is 2.01. The fourth-order valence-corrected chi connectivity index (χ4v) is 0.534. The van der Waals surface area contributed by atoms with E-state index in [0.717, 1.165) is 0 Å². The van der Waals surface area contributed by atoms with Crippen molar-refractivity contribution in [2.24, 2.45) is 16.5 Å². The Balaban J connectivity index is 4.46. The maximum Gasteiger partial charge on any atom is 0.116 e. The number of nitrogens with zero attached hydrogens (tertiary/aromatic N) is 1. The lowest BCUT2D eigenvalue weighted by molar-refractivity contribution is 0.263. The minimum atomic E-state index is -0.685. The van der Waals surface area contributed by atoms with E-state index in [9.17, 15) is 0 Å². The molecule has 0 rings (SSSR count). The lowest BCUT2D eigenvalue weighted by atomic mass is 10.2. The van der Waals surface area contributed by atoms with Gasteiger partial charge in [0.15, 0.2) is 0 Å². The standard InChI is InChI=1S/C7H13N3O/c1-5(11)7(3-4-8)10-6(2)9/h3-5,11H,2,8-9H2,1H3/b4-3-,10-7?. The molecule has 62 valence electrons. The van der Waals surface area contributed by atoms with Crippen molar-refractivity contribution in [2.75, 3.05) is 0 Å². The molecule has 0 aliphatic rings. The Morgan fingerprint density at radius 2 is 2.27 bits per heavy atom. The first-order valence-corrected chi connectivity index (χ1v) is 3.17. The first-order valence-electron chi connectivity index (χ1n) is 3.17. The summed E-state index contributed by atoms with van der Waals surface area (Å²) in [6.45, 7) is 4.94. The van der Waals surface area contributed by atoms with Crippen molar-refractivity contribution in [3.05, 3.63) is 24.7 Å². The molecule has 0 amide bonds. The van der Waals surface area contributed by atoms with E-state index in [2.05, 4.69) is 11.6 Å². The van der Waals surface area contributed by atoms with Gasteiger partial charge in [-0.2, -0.15) is 0 Å². The Kier molecular flexibility index (Phi) is 3.98. The van der Waals surface area contributed by atoms with Crippen LogP contribution in [0.25, 0.3) is 0 Å². The molecule has 0 aromatic heterocycles. The number of nitrogens with two attached hydrogens (primary N) is 2. The number of aliphatic imine (C=N–C) groups is 1. The molecule has 4 heteroatoms. The lowest BCUT2D eigenvalue weighted by Gasteiger charge is -2.02. The highest BCUT2D eigenvalue weighted by molar-refractivity contribution is 5.98. The van der Waals surface area contributed by atoms with Crippen molar-refractivity contribution in [2.45, 2.75) is 13.0 Å². The Labute approximate surface area is 65.9 Å². The molecule has 0 saturated carbocycles. The van der Waals surface area contributed by atoms with E-state index in [1.54, 1.807) is 6.92 Å². The van der Waals surface area contributed by atoms with Crippen LogP contribution in [0.5, 0.6) is 0 Å². The van der Waals surface area contributed by atoms with Gasteiger partial charge in [0.25, 0.3) is 0 Å². The van der Waals surface area contributed by atoms with Crippen LogP contribution in [-0.4, -0.2) is 16.9 Å². The van der Waals surface area contributed by atoms with Crippen LogP contribution < -0.4 is 11.5 Å². The summed E-state index contributed by atoms with van der Waals surface area (Å²) >= 11 is 0. The molecule has 1 unspecified atom stereocenters. The van der Waals surface area contributed by atoms with E-state index >= 15 is 0 Å². The molecule has 11 heavy (non-hydrogen) atoms. The zero-order valence-electron chi connectivity index (χ0n) is 6.49. The number of aliphatic hydroxyl groups is 1. The molecule has 0 aromatic carbocycles. The van der Waals surface area contributed by atoms with E-state index in [0.29, 0.717) is 5.71 Å². The third-order valence-electron chi connectivity index (χ3n) is 0.968. The second-order valence-electron chi connectivity index (χ2n) is 2.06. The van der Waals surface area contributed by atoms with E-state index in [1.165, 1.54) is 12.3 Å². The summed E-state index contributed by atoms with van der Waals surface area (Å²) < 4.78 is 0. The van der Waals surface area contributed by atoms with Crippen LogP contribution in [-0.2, 0) is 0 Å². The monoisotopic (exact) mass is 155 g/mol. The fraction of sp³-hybridized carbons (Fsp3) is 0.286. The maximum absolute atomic E-state index is 9.06. The molecule has 0 bridgehead atoms. The Bertz CT molecular complexity index is 194. The predicted octanol–water partition coefficient (Wildman–Crippen LogP) is -0.289. The zero-order valence-corrected chi connectivity index (χ0v) is 6.49. The second kappa shape index (κ2) is 4.51. The fourth-order valence-electron chi connectivity index (χ4n) is 0.534. The largest absolute Gasteiger partial charge is 0.405 e. The molecule has 0 fully saturated rings. The third-order valence-corrected chi connectivity index (χ3v) is 0.968. The topological polar surface area (TPSA) is 84.6 Å². The van der Waals surface area contributed by atoms with Gasteiger partial charge in [0.05, 0.1) is 11.8 Å². The normalized spacial score (nSPS) is 15.3. The summed E-state index contributed by atoms with van der Waals surface area (Å²) in [5.41, 5.74) is 10.7. The number of rotatable bonds is 3. The van der Waals surface area contributed by atoms with Gasteiger partial charge in [-0.25, -0.2) is 4.99 Å². The smallest absolute Gasteiger partial charge is 0.116 e. The van der Waals surface area contributed by atoms with Crippen molar-refractivity contribution in [3.8, 4) is 0 Å². The molecule has 5 N–H and O–H groups in total. The van der Waals surface area contributed by atoms with Gasteiger partial charge in [-0.05, 0) is 19.2 Å². The minimum Gasteiger partial charge on any atom is -0.405 e. The number of aliphatic hydroxyl groups excluding tert-OH is 1. The van der Waals surface area contributed by atoms with Crippen molar-refractivity contribution >= 4 is 5.71 Å². The van der Waals surface area contributed by atoms with Crippen LogP contribution in [0.3, 0.4) is 0 Å². The highest BCUT2D eigenvalue weighted by atomic mass is 16.3. The van der Waals surface area contributed by atoms with Crippen LogP contribution in [0.15, 0.2) is 29.7 Å². The third kappa shape index (κ3) is 4.16. The minimum absolute atomic E-state index is 0.152. The van der Waals surface area contributed by atoms with Crippen molar-refractivity contribution in [1.29, 1.82) is 0 Å². The Morgan fingerprint density at radius 3 is 2.55 bits per heavy atom. The lowest BCUT2D eigenvalue weighted by Crippen LogP contribution is -2.15. The molecule has 0 aliphatic heterocycles. The predicted molar refractivity (Wildman–Crippen MR) is 45.8 cm³/mol. The van der Waals surface area contributed by atoms with Gasteiger partial charge in [0.2, 0.25) is 0 Å². The van der Waals surface area contributed by atoms with E-state index in [-0.39, 0.29) is 5.82 Å². The molecule has 0 heterocycles. The van der Waals surface area contributed by atoms with E-state index in [1.807, 2.05) is 0 Å². The molecule has 0 radical (unpaired) electrons. The van der Waals surface area contributed by atoms with Crippen LogP contribution in [0.1, 0.15) is 6.92 Å². The van der Waals surface area contributed by atoms with Gasteiger partial charge < -0.3 is 16.6 Å². The first kappa shape index (κ1) is 9.71. The maximum atomic E-state index is 9.06. The molecular weight excluding hydrogens is 142 g/mol. The van der Waals surface area contributed by atoms with Crippen molar-refractivity contribution in [3.63, 3.8) is 0 Å². The summed E-state index contributed by atoms with van der Waals surface area (Å²) in [5.74, 6) is 0.152. The summed E-state index contributed by atoms with van der Waals surface area (Å²) in [7, 11) is 0. The van der Waals surface area contributed by atoms with Gasteiger partial charge in [-0.15, -0.1) is 0 Å². The molecule has 0 aromatic rings. The van der Waals surface area contributed by atoms with E-state index in [4.69, 9.17) is 16.6 Å². The van der Waals surface area contributed by atoms with Gasteiger partial charge in [0.1, 0.15) is 5.82 Å². The first-order chi connectivity index (χ1) is 5.07. The average Bonchev–Trinajstić information content (AvgIpc) is 1.86. The van der Waals surface area contributed by atoms with Gasteiger partial charge >= 0.3 is 0 Å². The summed E-state index contributed by atoms with van der Waals surface area (Å²) in [5, 5.41) is 9.06.